The van der Waals surface area contributed by atoms with Crippen molar-refractivity contribution in [2.75, 3.05) is 20.2 Å². The normalized spacial score (nSPS) is 15.2. The van der Waals surface area contributed by atoms with E-state index in [0.29, 0.717) is 17.4 Å². The number of aliphatic hydroxyl groups excluding tert-OH is 1. The monoisotopic (exact) mass is 340 g/mol. The highest BCUT2D eigenvalue weighted by Gasteiger charge is 2.24. The standard InChI is InChI=1S/C20H24N2O3/c1-25-19-7-6-18(13-21-19)20(24)22-10-8-16(9-11-22)12-15-2-4-17(14-23)5-3-15/h2-7,13,16,23H,8-12,14H2,1H3. The van der Waals surface area contributed by atoms with Crippen molar-refractivity contribution in [1.82, 2.24) is 9.88 Å². The molecule has 0 radical (unpaired) electrons. The van der Waals surface area contributed by atoms with Gasteiger partial charge in [0.15, 0.2) is 0 Å². The molecule has 2 aromatic rings. The van der Waals surface area contributed by atoms with Crippen LogP contribution in [0.15, 0.2) is 42.6 Å². The van der Waals surface area contributed by atoms with Gasteiger partial charge >= 0.3 is 0 Å². The molecule has 0 spiro atoms. The first-order valence-electron chi connectivity index (χ1n) is 8.67. The van der Waals surface area contributed by atoms with Crippen LogP contribution in [0.2, 0.25) is 0 Å². The number of aromatic nitrogens is 1. The summed E-state index contributed by atoms with van der Waals surface area (Å²) in [6.45, 7) is 1.65. The zero-order valence-electron chi connectivity index (χ0n) is 14.5. The lowest BCUT2D eigenvalue weighted by atomic mass is 9.89. The van der Waals surface area contributed by atoms with E-state index >= 15 is 0 Å². The van der Waals surface area contributed by atoms with Gasteiger partial charge in [0, 0.05) is 25.4 Å². The third kappa shape index (κ3) is 4.37. The predicted molar refractivity (Wildman–Crippen MR) is 95.5 cm³/mol. The van der Waals surface area contributed by atoms with E-state index < -0.39 is 0 Å². The third-order valence-electron chi connectivity index (χ3n) is 4.82. The Morgan fingerprint density at radius 1 is 1.16 bits per heavy atom. The Kier molecular flexibility index (Phi) is 5.66. The molecule has 1 saturated heterocycles. The number of hydrogen-bond acceptors (Lipinski definition) is 4. The number of rotatable bonds is 5. The summed E-state index contributed by atoms with van der Waals surface area (Å²) >= 11 is 0. The van der Waals surface area contributed by atoms with Gasteiger partial charge in [0.25, 0.3) is 5.91 Å². The van der Waals surface area contributed by atoms with Crippen LogP contribution in [0.5, 0.6) is 5.88 Å². The van der Waals surface area contributed by atoms with E-state index in [0.717, 1.165) is 37.9 Å². The molecular formula is C20H24N2O3. The molecule has 0 atom stereocenters. The molecule has 1 aromatic carbocycles. The molecule has 25 heavy (non-hydrogen) atoms. The summed E-state index contributed by atoms with van der Waals surface area (Å²) in [6.07, 6.45) is 4.63. The zero-order chi connectivity index (χ0) is 17.6. The molecule has 1 fully saturated rings. The van der Waals surface area contributed by atoms with Gasteiger partial charge in [-0.1, -0.05) is 24.3 Å². The number of hydrogen-bond donors (Lipinski definition) is 1. The fourth-order valence-corrected chi connectivity index (χ4v) is 3.26. The minimum absolute atomic E-state index is 0.0425. The molecule has 0 bridgehead atoms. The third-order valence-corrected chi connectivity index (χ3v) is 4.82. The quantitative estimate of drug-likeness (QED) is 0.909. The number of methoxy groups -OCH3 is 1. The number of amides is 1. The first kappa shape index (κ1) is 17.4. The van der Waals surface area contributed by atoms with Gasteiger partial charge in [-0.15, -0.1) is 0 Å². The van der Waals surface area contributed by atoms with Crippen molar-refractivity contribution >= 4 is 5.91 Å². The van der Waals surface area contributed by atoms with Gasteiger partial charge in [0.05, 0.1) is 19.3 Å². The van der Waals surface area contributed by atoms with Gasteiger partial charge in [-0.05, 0) is 42.4 Å². The fourth-order valence-electron chi connectivity index (χ4n) is 3.26. The van der Waals surface area contributed by atoms with Gasteiger partial charge in [-0.25, -0.2) is 4.98 Å². The van der Waals surface area contributed by atoms with Crippen LogP contribution in [0.3, 0.4) is 0 Å². The number of pyridine rings is 1. The summed E-state index contributed by atoms with van der Waals surface area (Å²) < 4.78 is 5.03. The summed E-state index contributed by atoms with van der Waals surface area (Å²) in [7, 11) is 1.56. The van der Waals surface area contributed by atoms with Gasteiger partial charge < -0.3 is 14.7 Å². The Bertz CT molecular complexity index is 690. The topological polar surface area (TPSA) is 62.7 Å². The average Bonchev–Trinajstić information content (AvgIpc) is 2.69. The van der Waals surface area contributed by atoms with Crippen molar-refractivity contribution in [3.63, 3.8) is 0 Å². The number of carbonyl (C=O) groups excluding carboxylic acids is 1. The van der Waals surface area contributed by atoms with Crippen molar-refractivity contribution in [2.24, 2.45) is 5.92 Å². The Morgan fingerprint density at radius 3 is 2.40 bits per heavy atom. The van der Waals surface area contributed by atoms with Crippen molar-refractivity contribution in [1.29, 1.82) is 0 Å². The maximum atomic E-state index is 12.6. The summed E-state index contributed by atoms with van der Waals surface area (Å²) in [6, 6.07) is 11.6. The second kappa shape index (κ2) is 8.12. The molecule has 1 amide bonds. The second-order valence-electron chi connectivity index (χ2n) is 6.50. The van der Waals surface area contributed by atoms with Crippen LogP contribution in [0.4, 0.5) is 0 Å². The molecule has 3 rings (SSSR count). The first-order chi connectivity index (χ1) is 12.2. The highest BCUT2D eigenvalue weighted by Crippen LogP contribution is 2.23. The fraction of sp³-hybridized carbons (Fsp3) is 0.400. The summed E-state index contributed by atoms with van der Waals surface area (Å²) in [5.41, 5.74) is 2.84. The van der Waals surface area contributed by atoms with E-state index in [-0.39, 0.29) is 12.5 Å². The Morgan fingerprint density at radius 2 is 1.84 bits per heavy atom. The molecule has 1 aliphatic rings. The number of piperidine rings is 1. The van der Waals surface area contributed by atoms with Crippen LogP contribution < -0.4 is 4.74 Å². The Labute approximate surface area is 148 Å². The summed E-state index contributed by atoms with van der Waals surface area (Å²) in [5, 5.41) is 9.11. The molecule has 0 unspecified atom stereocenters. The maximum absolute atomic E-state index is 12.6. The van der Waals surface area contributed by atoms with Gasteiger partial charge in [0.2, 0.25) is 5.88 Å². The van der Waals surface area contributed by atoms with Crippen molar-refractivity contribution in [3.8, 4) is 5.88 Å². The number of ether oxygens (including phenoxy) is 1. The van der Waals surface area contributed by atoms with E-state index in [1.165, 1.54) is 5.56 Å². The Balaban J connectivity index is 1.52. The van der Waals surface area contributed by atoms with Gasteiger partial charge in [0.1, 0.15) is 0 Å². The van der Waals surface area contributed by atoms with E-state index in [4.69, 9.17) is 9.84 Å². The Hall–Kier alpha value is -2.40. The maximum Gasteiger partial charge on any atom is 0.255 e. The summed E-state index contributed by atoms with van der Waals surface area (Å²) in [4.78, 5) is 18.6. The van der Waals surface area contributed by atoms with Gasteiger partial charge in [-0.3, -0.25) is 4.79 Å². The highest BCUT2D eigenvalue weighted by atomic mass is 16.5. The lowest BCUT2D eigenvalue weighted by Gasteiger charge is -2.32. The smallest absolute Gasteiger partial charge is 0.255 e. The van der Waals surface area contributed by atoms with Crippen molar-refractivity contribution in [3.05, 3.63) is 59.3 Å². The summed E-state index contributed by atoms with van der Waals surface area (Å²) in [5.74, 6) is 1.15. The minimum Gasteiger partial charge on any atom is -0.481 e. The van der Waals surface area contributed by atoms with Crippen LogP contribution in [0.25, 0.3) is 0 Å². The lowest BCUT2D eigenvalue weighted by Crippen LogP contribution is -2.38. The number of carbonyl (C=O) groups is 1. The minimum atomic E-state index is 0.0425. The molecule has 1 aromatic heterocycles. The molecule has 132 valence electrons. The van der Waals surface area contributed by atoms with Crippen LogP contribution in [-0.2, 0) is 13.0 Å². The van der Waals surface area contributed by atoms with Crippen molar-refractivity contribution in [2.45, 2.75) is 25.9 Å². The SMILES string of the molecule is COc1ccc(C(=O)N2CCC(Cc3ccc(CO)cc3)CC2)cn1. The van der Waals surface area contributed by atoms with E-state index in [9.17, 15) is 4.79 Å². The lowest BCUT2D eigenvalue weighted by molar-refractivity contribution is 0.0690. The molecule has 5 heteroatoms. The van der Waals surface area contributed by atoms with E-state index in [2.05, 4.69) is 17.1 Å². The molecule has 2 heterocycles. The first-order valence-corrected chi connectivity index (χ1v) is 8.67. The molecule has 1 aliphatic heterocycles. The molecular weight excluding hydrogens is 316 g/mol. The molecule has 1 N–H and O–H groups in total. The number of benzene rings is 1. The van der Waals surface area contributed by atoms with Crippen LogP contribution in [0.1, 0.15) is 34.3 Å². The average molecular weight is 340 g/mol. The van der Waals surface area contributed by atoms with E-state index in [1.54, 1.807) is 25.4 Å². The van der Waals surface area contributed by atoms with Crippen LogP contribution in [-0.4, -0.2) is 41.1 Å². The second-order valence-corrected chi connectivity index (χ2v) is 6.50. The van der Waals surface area contributed by atoms with Gasteiger partial charge in [-0.2, -0.15) is 0 Å². The molecule has 0 saturated carbocycles. The number of nitrogens with zero attached hydrogens (tertiary/aromatic N) is 2. The molecule has 5 nitrogen and oxygen atoms in total. The number of likely N-dealkylation sites (tertiary alicyclic amines) is 1. The van der Waals surface area contributed by atoms with Crippen LogP contribution >= 0.6 is 0 Å². The van der Waals surface area contributed by atoms with Crippen molar-refractivity contribution < 1.29 is 14.6 Å². The highest BCUT2D eigenvalue weighted by molar-refractivity contribution is 5.94. The number of aliphatic hydroxyl groups is 1. The largest absolute Gasteiger partial charge is 0.481 e. The molecule has 0 aliphatic carbocycles. The predicted octanol–water partition coefficient (Wildman–Crippen LogP) is 2.68. The zero-order valence-corrected chi connectivity index (χ0v) is 14.5. The van der Waals surface area contributed by atoms with E-state index in [1.807, 2.05) is 17.0 Å². The van der Waals surface area contributed by atoms with Crippen LogP contribution in [0, 0.1) is 5.92 Å².